The molecule has 0 fully saturated rings. The predicted molar refractivity (Wildman–Crippen MR) is 94.4 cm³/mol. The number of aliphatic imine (C=N–C) groups is 1. The lowest BCUT2D eigenvalue weighted by Gasteiger charge is -2.02. The van der Waals surface area contributed by atoms with Gasteiger partial charge in [0, 0.05) is 17.2 Å². The van der Waals surface area contributed by atoms with Gasteiger partial charge in [0.1, 0.15) is 0 Å². The first-order valence-corrected chi connectivity index (χ1v) is 7.70. The summed E-state index contributed by atoms with van der Waals surface area (Å²) in [5.41, 5.74) is 4.24. The molecule has 1 heterocycles. The highest BCUT2D eigenvalue weighted by molar-refractivity contribution is 6.13. The maximum absolute atomic E-state index is 12.1. The number of carbonyl (C=O) groups is 1. The van der Waals surface area contributed by atoms with Crippen molar-refractivity contribution in [3.63, 3.8) is 0 Å². The maximum atomic E-state index is 12.1. The second-order valence-corrected chi connectivity index (χ2v) is 5.95. The summed E-state index contributed by atoms with van der Waals surface area (Å²) in [6.45, 7) is 5.56. The Labute approximate surface area is 144 Å². The first kappa shape index (κ1) is 16.6. The molecule has 0 aromatic heterocycles. The largest absolute Gasteiger partial charge is 0.402 e. The van der Waals surface area contributed by atoms with Crippen molar-refractivity contribution >= 4 is 23.6 Å². The van der Waals surface area contributed by atoms with Crippen LogP contribution < -0.4 is 0 Å². The molecule has 1 aliphatic heterocycles. The van der Waals surface area contributed by atoms with E-state index in [2.05, 4.69) is 4.99 Å². The molecule has 3 rings (SSSR count). The van der Waals surface area contributed by atoms with Crippen LogP contribution in [0.4, 0.5) is 5.69 Å². The molecule has 6 heteroatoms. The topological polar surface area (TPSA) is 81.8 Å². The third-order valence-corrected chi connectivity index (χ3v) is 3.99. The fourth-order valence-corrected chi connectivity index (χ4v) is 2.59. The molecule has 0 unspecified atom stereocenters. The number of ether oxygens (including phenoxy) is 1. The van der Waals surface area contributed by atoms with Gasteiger partial charge in [-0.2, -0.15) is 0 Å². The van der Waals surface area contributed by atoms with E-state index < -0.39 is 10.9 Å². The minimum Gasteiger partial charge on any atom is -0.402 e. The number of nitrogens with zero attached hydrogens (tertiary/aromatic N) is 2. The first-order valence-electron chi connectivity index (χ1n) is 7.70. The predicted octanol–water partition coefficient (Wildman–Crippen LogP) is 3.86. The lowest BCUT2D eigenvalue weighted by molar-refractivity contribution is -0.385. The average molecular weight is 336 g/mol. The summed E-state index contributed by atoms with van der Waals surface area (Å²) in [5, 5.41) is 10.9. The summed E-state index contributed by atoms with van der Waals surface area (Å²) in [7, 11) is 0. The van der Waals surface area contributed by atoms with Crippen LogP contribution in [0.25, 0.3) is 6.08 Å². The highest BCUT2D eigenvalue weighted by atomic mass is 16.6. The lowest BCUT2D eigenvalue weighted by atomic mass is 10.0. The van der Waals surface area contributed by atoms with E-state index in [0.717, 1.165) is 16.7 Å². The lowest BCUT2D eigenvalue weighted by Crippen LogP contribution is -2.06. The number of cyclic esters (lactones) is 1. The summed E-state index contributed by atoms with van der Waals surface area (Å²) >= 11 is 0. The standard InChI is InChI=1S/C19H16N2O4/c1-11-4-5-12(2)15(8-11)10-16-19(22)25-18(20-16)14-6-7-17(21(23)24)13(3)9-14/h4-10H,1-3H3/b16-10-. The number of esters is 1. The Morgan fingerprint density at radius 2 is 1.84 bits per heavy atom. The molecule has 0 N–H and O–H groups in total. The minimum atomic E-state index is -0.535. The SMILES string of the molecule is Cc1ccc(C)c(/C=C2\N=C(c3ccc([N+](=O)[O-])c(C)c3)OC2=O)c1. The molecular weight excluding hydrogens is 320 g/mol. The van der Waals surface area contributed by atoms with Crippen LogP contribution in [-0.2, 0) is 9.53 Å². The van der Waals surface area contributed by atoms with E-state index in [1.807, 2.05) is 32.0 Å². The summed E-state index contributed by atoms with van der Waals surface area (Å²) in [6.07, 6.45) is 1.69. The smallest absolute Gasteiger partial charge is 0.363 e. The van der Waals surface area contributed by atoms with Crippen LogP contribution in [0.2, 0.25) is 0 Å². The fourth-order valence-electron chi connectivity index (χ4n) is 2.59. The zero-order valence-electron chi connectivity index (χ0n) is 14.1. The third-order valence-electron chi connectivity index (χ3n) is 3.99. The van der Waals surface area contributed by atoms with Gasteiger partial charge in [0.15, 0.2) is 5.70 Å². The number of benzene rings is 2. The highest BCUT2D eigenvalue weighted by Gasteiger charge is 2.25. The Kier molecular flexibility index (Phi) is 4.19. The Bertz CT molecular complexity index is 958. The van der Waals surface area contributed by atoms with Crippen molar-refractivity contribution in [2.24, 2.45) is 4.99 Å². The van der Waals surface area contributed by atoms with Crippen LogP contribution >= 0.6 is 0 Å². The molecule has 0 radical (unpaired) electrons. The van der Waals surface area contributed by atoms with Crippen LogP contribution in [0.5, 0.6) is 0 Å². The summed E-state index contributed by atoms with van der Waals surface area (Å²) in [4.78, 5) is 26.8. The molecule has 126 valence electrons. The molecule has 25 heavy (non-hydrogen) atoms. The zero-order chi connectivity index (χ0) is 18.1. The molecule has 2 aromatic rings. The van der Waals surface area contributed by atoms with Gasteiger partial charge in [-0.05, 0) is 50.1 Å². The molecule has 0 amide bonds. The second kappa shape index (κ2) is 6.32. The van der Waals surface area contributed by atoms with Crippen molar-refractivity contribution in [3.8, 4) is 0 Å². The first-order chi connectivity index (χ1) is 11.8. The van der Waals surface area contributed by atoms with Crippen LogP contribution in [0, 0.1) is 30.9 Å². The van der Waals surface area contributed by atoms with Crippen molar-refractivity contribution in [1.29, 1.82) is 0 Å². The van der Waals surface area contributed by atoms with Crippen molar-refractivity contribution in [1.82, 2.24) is 0 Å². The molecule has 1 aliphatic rings. The summed E-state index contributed by atoms with van der Waals surface area (Å²) in [6, 6.07) is 10.4. The van der Waals surface area contributed by atoms with Crippen LogP contribution in [0.15, 0.2) is 47.1 Å². The number of nitro benzene ring substituents is 1. The summed E-state index contributed by atoms with van der Waals surface area (Å²) < 4.78 is 5.23. The normalized spacial score (nSPS) is 15.2. The van der Waals surface area contributed by atoms with Gasteiger partial charge < -0.3 is 4.74 Å². The van der Waals surface area contributed by atoms with E-state index in [9.17, 15) is 14.9 Å². The van der Waals surface area contributed by atoms with Gasteiger partial charge in [-0.3, -0.25) is 10.1 Å². The molecule has 0 aliphatic carbocycles. The molecular formula is C19H16N2O4. The van der Waals surface area contributed by atoms with Crippen LogP contribution in [-0.4, -0.2) is 16.8 Å². The van der Waals surface area contributed by atoms with Gasteiger partial charge in [-0.25, -0.2) is 9.79 Å². The number of rotatable bonds is 3. The quantitative estimate of drug-likeness (QED) is 0.369. The van der Waals surface area contributed by atoms with E-state index in [4.69, 9.17) is 4.74 Å². The number of carbonyl (C=O) groups excluding carboxylic acids is 1. The van der Waals surface area contributed by atoms with Crippen molar-refractivity contribution in [3.05, 3.63) is 80.0 Å². The minimum absolute atomic E-state index is 0.0137. The van der Waals surface area contributed by atoms with E-state index in [1.165, 1.54) is 12.1 Å². The molecule has 6 nitrogen and oxygen atoms in total. The number of nitro groups is 1. The monoisotopic (exact) mass is 336 g/mol. The van der Waals surface area contributed by atoms with Crippen LogP contribution in [0.1, 0.15) is 27.8 Å². The number of hydrogen-bond acceptors (Lipinski definition) is 5. The van der Waals surface area contributed by atoms with Crippen LogP contribution in [0.3, 0.4) is 0 Å². The zero-order valence-corrected chi connectivity index (χ0v) is 14.1. The maximum Gasteiger partial charge on any atom is 0.363 e. The molecule has 2 aromatic carbocycles. The average Bonchev–Trinajstić information content (AvgIpc) is 2.91. The van der Waals surface area contributed by atoms with Gasteiger partial charge in [-0.1, -0.05) is 23.8 Å². The molecule has 0 spiro atoms. The van der Waals surface area contributed by atoms with Crippen molar-refractivity contribution in [2.45, 2.75) is 20.8 Å². The Morgan fingerprint density at radius 3 is 2.52 bits per heavy atom. The van der Waals surface area contributed by atoms with Gasteiger partial charge >= 0.3 is 5.97 Å². The second-order valence-electron chi connectivity index (χ2n) is 5.95. The van der Waals surface area contributed by atoms with E-state index in [0.29, 0.717) is 11.1 Å². The number of hydrogen-bond donors (Lipinski definition) is 0. The van der Waals surface area contributed by atoms with E-state index in [1.54, 1.807) is 19.1 Å². The Morgan fingerprint density at radius 1 is 1.08 bits per heavy atom. The van der Waals surface area contributed by atoms with Gasteiger partial charge in [-0.15, -0.1) is 0 Å². The molecule has 0 saturated carbocycles. The van der Waals surface area contributed by atoms with Crippen molar-refractivity contribution in [2.75, 3.05) is 0 Å². The molecule has 0 bridgehead atoms. The van der Waals surface area contributed by atoms with Gasteiger partial charge in [0.2, 0.25) is 5.90 Å². The van der Waals surface area contributed by atoms with E-state index in [-0.39, 0.29) is 17.3 Å². The molecule has 0 atom stereocenters. The van der Waals surface area contributed by atoms with Gasteiger partial charge in [0.25, 0.3) is 5.69 Å². The number of aryl methyl sites for hydroxylation is 3. The third kappa shape index (κ3) is 3.33. The summed E-state index contributed by atoms with van der Waals surface area (Å²) in [5.74, 6) is -0.383. The van der Waals surface area contributed by atoms with Gasteiger partial charge in [0.05, 0.1) is 4.92 Å². The fraction of sp³-hybridized carbons (Fsp3) is 0.158. The highest BCUT2D eigenvalue weighted by Crippen LogP contribution is 2.24. The van der Waals surface area contributed by atoms with Crippen molar-refractivity contribution < 1.29 is 14.5 Å². The Balaban J connectivity index is 1.98. The van der Waals surface area contributed by atoms with E-state index >= 15 is 0 Å². The Hall–Kier alpha value is -3.28. The molecule has 0 saturated heterocycles.